The smallest absolute Gasteiger partial charge is 0.237 e. The van der Waals surface area contributed by atoms with E-state index < -0.39 is 52.1 Å². The van der Waals surface area contributed by atoms with Crippen LogP contribution in [0.15, 0.2) is 71.3 Å². The zero-order chi connectivity index (χ0) is 33.6. The molecule has 3 aromatic carbocycles. The van der Waals surface area contributed by atoms with Crippen LogP contribution in [0.25, 0.3) is 21.7 Å². The van der Waals surface area contributed by atoms with Crippen LogP contribution in [0.1, 0.15) is 50.1 Å². The molecule has 0 aromatic heterocycles. The minimum absolute atomic E-state index is 0.0952. The van der Waals surface area contributed by atoms with E-state index in [0.717, 1.165) is 18.2 Å². The van der Waals surface area contributed by atoms with Gasteiger partial charge in [0.2, 0.25) is 5.70 Å². The van der Waals surface area contributed by atoms with Gasteiger partial charge in [0, 0.05) is 0 Å². The van der Waals surface area contributed by atoms with E-state index in [-0.39, 0.29) is 50.1 Å². The predicted octanol–water partition coefficient (Wildman–Crippen LogP) is 10.3. The molecule has 12 heteroatoms. The number of rotatable bonds is 3. The van der Waals surface area contributed by atoms with E-state index >= 15 is 0 Å². The van der Waals surface area contributed by atoms with Crippen LogP contribution in [-0.2, 0) is 18.5 Å². The third kappa shape index (κ3) is 6.63. The molecule has 0 bridgehead atoms. The van der Waals surface area contributed by atoms with Crippen molar-refractivity contribution >= 4 is 16.8 Å². The number of hydrogen-bond acceptors (Lipinski definition) is 2. The van der Waals surface area contributed by atoms with E-state index in [1.807, 2.05) is 0 Å². The first-order valence-corrected chi connectivity index (χ1v) is 12.8. The minimum Gasteiger partial charge on any atom is -0.237 e. The fraction of sp³-hybridized carbons (Fsp3) is 0.182. The highest BCUT2D eigenvalue weighted by atomic mass is 19.4. The van der Waals surface area contributed by atoms with Crippen LogP contribution in [0.4, 0.5) is 39.5 Å². The molecule has 3 aromatic rings. The topological polar surface area (TPSA) is 51.9 Å². The third-order valence-corrected chi connectivity index (χ3v) is 6.82. The Balaban J connectivity index is 2.18. The van der Waals surface area contributed by atoms with Gasteiger partial charge in [0.25, 0.3) is 0 Å². The van der Waals surface area contributed by atoms with Crippen molar-refractivity contribution in [3.05, 3.63) is 133 Å². The van der Waals surface area contributed by atoms with Crippen molar-refractivity contribution < 1.29 is 39.5 Å². The number of nitrogens with zero attached hydrogens (tertiary/aromatic N) is 3. The summed E-state index contributed by atoms with van der Waals surface area (Å²) in [7, 11) is 0. The summed E-state index contributed by atoms with van der Waals surface area (Å²) in [6.45, 7) is 11.8. The Kier molecular flexibility index (Phi) is 8.22. The van der Waals surface area contributed by atoms with Crippen LogP contribution in [0.5, 0.6) is 0 Å². The number of halogens is 9. The molecule has 228 valence electrons. The van der Waals surface area contributed by atoms with Crippen molar-refractivity contribution in [1.82, 2.24) is 0 Å². The lowest BCUT2D eigenvalue weighted by Crippen LogP contribution is -2.06. The molecule has 1 saturated carbocycles. The van der Waals surface area contributed by atoms with Gasteiger partial charge < -0.3 is 0 Å². The maximum atomic E-state index is 13.7. The summed E-state index contributed by atoms with van der Waals surface area (Å²) in [5, 5.41) is 20.3. The zero-order valence-corrected chi connectivity index (χ0v) is 23.4. The number of allylic oxidation sites excluding steroid dienone is 5. The van der Waals surface area contributed by atoms with Gasteiger partial charge >= 0.3 is 18.5 Å². The van der Waals surface area contributed by atoms with Gasteiger partial charge in [0.1, 0.15) is 12.1 Å². The van der Waals surface area contributed by atoms with Crippen LogP contribution in [0, 0.1) is 50.0 Å². The molecule has 0 amide bonds. The molecule has 3 nitrogen and oxygen atoms in total. The largest absolute Gasteiger partial charge is 0.416 e. The number of benzene rings is 3. The van der Waals surface area contributed by atoms with Gasteiger partial charge in [-0.25, -0.2) is 4.85 Å². The summed E-state index contributed by atoms with van der Waals surface area (Å²) in [4.78, 5) is 3.37. The number of aryl methyl sites for hydroxylation is 3. The molecule has 1 aliphatic carbocycles. The van der Waals surface area contributed by atoms with Gasteiger partial charge in [-0.2, -0.15) is 50.0 Å². The highest BCUT2D eigenvalue weighted by molar-refractivity contribution is 6.11. The lowest BCUT2D eigenvalue weighted by atomic mass is 9.98. The van der Waals surface area contributed by atoms with E-state index in [2.05, 4.69) is 4.85 Å². The molecule has 0 spiro atoms. The molecular weight excluding hydrogens is 609 g/mol. The fourth-order valence-electron chi connectivity index (χ4n) is 4.98. The van der Waals surface area contributed by atoms with Crippen molar-refractivity contribution in [1.29, 1.82) is 10.5 Å². The molecule has 0 unspecified atom stereocenters. The monoisotopic (exact) mass is 627 g/mol. The second kappa shape index (κ2) is 11.3. The maximum absolute atomic E-state index is 13.7. The van der Waals surface area contributed by atoms with Gasteiger partial charge in [-0.3, -0.25) is 0 Å². The Morgan fingerprint density at radius 1 is 0.533 bits per heavy atom. The second-order valence-electron chi connectivity index (χ2n) is 10.3. The summed E-state index contributed by atoms with van der Waals surface area (Å²) >= 11 is 0. The molecule has 1 aliphatic rings. The summed E-state index contributed by atoms with van der Waals surface area (Å²) in [6, 6.07) is 11.7. The predicted molar refractivity (Wildman–Crippen MR) is 147 cm³/mol. The van der Waals surface area contributed by atoms with Crippen LogP contribution >= 0.6 is 0 Å². The minimum atomic E-state index is -4.82. The fourth-order valence-corrected chi connectivity index (χ4v) is 4.98. The van der Waals surface area contributed by atoms with Crippen LogP contribution < -0.4 is 0 Å². The lowest BCUT2D eigenvalue weighted by Gasteiger charge is -2.10. The van der Waals surface area contributed by atoms with Crippen molar-refractivity contribution in [3.8, 4) is 12.1 Å². The van der Waals surface area contributed by atoms with Crippen molar-refractivity contribution in [2.45, 2.75) is 39.3 Å². The van der Waals surface area contributed by atoms with Crippen LogP contribution in [0.2, 0.25) is 0 Å². The van der Waals surface area contributed by atoms with E-state index in [1.54, 1.807) is 12.1 Å². The molecule has 0 radical (unpaired) electrons. The first kappa shape index (κ1) is 32.6. The van der Waals surface area contributed by atoms with Crippen molar-refractivity contribution in [2.24, 2.45) is 0 Å². The molecule has 0 atom stereocenters. The number of alkyl halides is 9. The average molecular weight is 628 g/mol. The molecular formula is C33H18F9N3. The Bertz CT molecular complexity index is 1730. The normalized spacial score (nSPS) is 15.5. The first-order valence-electron chi connectivity index (χ1n) is 12.8. The Labute approximate surface area is 251 Å². The summed E-state index contributed by atoms with van der Waals surface area (Å²) in [6.07, 6.45) is -14.5. The van der Waals surface area contributed by atoms with E-state index in [9.17, 15) is 50.0 Å². The maximum Gasteiger partial charge on any atom is 0.416 e. The molecule has 0 heterocycles. The summed E-state index contributed by atoms with van der Waals surface area (Å²) in [5.74, 6) is 0. The average Bonchev–Trinajstić information content (AvgIpc) is 3.61. The summed E-state index contributed by atoms with van der Waals surface area (Å²) < 4.78 is 123. The lowest BCUT2D eigenvalue weighted by molar-refractivity contribution is -0.138. The van der Waals surface area contributed by atoms with Crippen molar-refractivity contribution in [2.75, 3.05) is 0 Å². The van der Waals surface area contributed by atoms with Gasteiger partial charge in [-0.15, -0.1) is 0 Å². The zero-order valence-electron chi connectivity index (χ0n) is 23.4. The Hall–Kier alpha value is -5.28. The van der Waals surface area contributed by atoms with E-state index in [0.29, 0.717) is 18.2 Å². The molecule has 0 aliphatic heterocycles. The molecule has 45 heavy (non-hydrogen) atoms. The summed E-state index contributed by atoms with van der Waals surface area (Å²) in [5.41, 5.74) is -5.93. The third-order valence-electron chi connectivity index (χ3n) is 6.82. The first-order chi connectivity index (χ1) is 20.8. The molecule has 4 rings (SSSR count). The van der Waals surface area contributed by atoms with Gasteiger partial charge in [0.15, 0.2) is 0 Å². The molecule has 1 fully saturated rings. The molecule has 0 N–H and O–H groups in total. The van der Waals surface area contributed by atoms with Gasteiger partial charge in [-0.1, -0.05) is 29.8 Å². The van der Waals surface area contributed by atoms with E-state index in [1.165, 1.54) is 39.0 Å². The number of nitriles is 2. The quantitative estimate of drug-likeness (QED) is 0.165. The SMILES string of the molecule is [C-]#[N+]C(=C1C(=C(C#N)c2cc(C)cc(C(F)(F)F)c2)C1=C(C#N)c1cc(C)cc(C(F)(F)F)c1)c1cc(C)cc(C(F)(F)F)c1. The Morgan fingerprint density at radius 2 is 0.844 bits per heavy atom. The van der Waals surface area contributed by atoms with Crippen molar-refractivity contribution in [3.63, 3.8) is 0 Å². The number of hydrogen-bond donors (Lipinski definition) is 0. The van der Waals surface area contributed by atoms with Gasteiger partial charge in [0.05, 0.1) is 34.4 Å². The molecule has 0 saturated heterocycles. The van der Waals surface area contributed by atoms with E-state index in [4.69, 9.17) is 6.57 Å². The van der Waals surface area contributed by atoms with Gasteiger partial charge in [-0.05, 0) is 95.6 Å². The standard InChI is InChI=1S/C33H18F9N3/c1-16-5-19(11-22(8-16)31(34,35)36)25(14-43)27-28(26(15-44)20-6-17(2)9-23(12-20)32(37,38)39)29(27)30(45-4)21-7-18(3)10-24(13-21)33(40,41)42/h5-13H,1-3H3. The highest BCUT2D eigenvalue weighted by Crippen LogP contribution is 2.57. The highest BCUT2D eigenvalue weighted by Gasteiger charge is 2.42. The second-order valence-corrected chi connectivity index (χ2v) is 10.3. The Morgan fingerprint density at radius 3 is 1.13 bits per heavy atom. The van der Waals surface area contributed by atoms with Crippen LogP contribution in [-0.4, -0.2) is 0 Å². The van der Waals surface area contributed by atoms with Crippen LogP contribution in [0.3, 0.4) is 0 Å².